The summed E-state index contributed by atoms with van der Waals surface area (Å²) < 4.78 is 25.0. The van der Waals surface area contributed by atoms with Gasteiger partial charge in [0, 0.05) is 25.2 Å². The molecule has 0 aliphatic heterocycles. The Morgan fingerprint density at radius 3 is 2.26 bits per heavy atom. The van der Waals surface area contributed by atoms with Crippen molar-refractivity contribution in [2.24, 2.45) is 0 Å². The standard InChI is InChI=1S/C17H28N2O3S/c1-5-6-7-12-19(23(4,21)22)13-11-16(20)18-17-14(2)9-8-10-15(17)3/h8-10H,5-7,11-13H2,1-4H3,(H,18,20). The molecule has 1 amide bonds. The number of nitrogens with one attached hydrogen (secondary N) is 1. The Hall–Kier alpha value is -1.40. The molecular weight excluding hydrogens is 312 g/mol. The van der Waals surface area contributed by atoms with Crippen molar-refractivity contribution < 1.29 is 13.2 Å². The number of nitrogens with zero attached hydrogens (tertiary/aromatic N) is 1. The number of aryl methyl sites for hydroxylation is 2. The Morgan fingerprint density at radius 2 is 1.74 bits per heavy atom. The molecule has 0 radical (unpaired) electrons. The van der Waals surface area contributed by atoms with Crippen LogP contribution in [0.25, 0.3) is 0 Å². The van der Waals surface area contributed by atoms with E-state index in [1.807, 2.05) is 32.0 Å². The van der Waals surface area contributed by atoms with E-state index in [-0.39, 0.29) is 18.9 Å². The van der Waals surface area contributed by atoms with Gasteiger partial charge in [-0.05, 0) is 31.4 Å². The van der Waals surface area contributed by atoms with Gasteiger partial charge in [0.1, 0.15) is 0 Å². The van der Waals surface area contributed by atoms with Gasteiger partial charge in [-0.25, -0.2) is 12.7 Å². The highest BCUT2D eigenvalue weighted by Gasteiger charge is 2.17. The average Bonchev–Trinajstić information content (AvgIpc) is 2.45. The quantitative estimate of drug-likeness (QED) is 0.703. The highest BCUT2D eigenvalue weighted by molar-refractivity contribution is 7.88. The van der Waals surface area contributed by atoms with Crippen LogP contribution in [0.2, 0.25) is 0 Å². The zero-order valence-electron chi connectivity index (χ0n) is 14.6. The maximum atomic E-state index is 12.1. The maximum absolute atomic E-state index is 12.1. The van der Waals surface area contributed by atoms with Crippen LogP contribution in [0.3, 0.4) is 0 Å². The summed E-state index contributed by atoms with van der Waals surface area (Å²) in [6.45, 7) is 6.65. The number of benzene rings is 1. The normalized spacial score (nSPS) is 11.7. The third-order valence-electron chi connectivity index (χ3n) is 3.81. The van der Waals surface area contributed by atoms with Crippen LogP contribution < -0.4 is 5.32 Å². The van der Waals surface area contributed by atoms with Crippen LogP contribution in [-0.4, -0.2) is 38.0 Å². The molecular formula is C17H28N2O3S. The monoisotopic (exact) mass is 340 g/mol. The minimum absolute atomic E-state index is 0.160. The van der Waals surface area contributed by atoms with Gasteiger partial charge in [-0.2, -0.15) is 0 Å². The Morgan fingerprint density at radius 1 is 1.13 bits per heavy atom. The van der Waals surface area contributed by atoms with Gasteiger partial charge >= 0.3 is 0 Å². The topological polar surface area (TPSA) is 66.5 Å². The van der Waals surface area contributed by atoms with Gasteiger partial charge in [-0.1, -0.05) is 38.0 Å². The number of unbranched alkanes of at least 4 members (excludes halogenated alkanes) is 2. The van der Waals surface area contributed by atoms with E-state index in [4.69, 9.17) is 0 Å². The van der Waals surface area contributed by atoms with Crippen molar-refractivity contribution in [2.75, 3.05) is 24.7 Å². The van der Waals surface area contributed by atoms with E-state index in [1.54, 1.807) is 0 Å². The van der Waals surface area contributed by atoms with Crippen molar-refractivity contribution in [3.63, 3.8) is 0 Å². The molecule has 23 heavy (non-hydrogen) atoms. The second-order valence-corrected chi connectivity index (χ2v) is 7.92. The summed E-state index contributed by atoms with van der Waals surface area (Å²) in [6.07, 6.45) is 4.20. The molecule has 0 unspecified atom stereocenters. The molecule has 1 N–H and O–H groups in total. The molecule has 0 saturated carbocycles. The van der Waals surface area contributed by atoms with Crippen molar-refractivity contribution in [1.82, 2.24) is 4.31 Å². The SMILES string of the molecule is CCCCCN(CCC(=O)Nc1c(C)cccc1C)S(C)(=O)=O. The number of anilines is 1. The van der Waals surface area contributed by atoms with Crippen molar-refractivity contribution >= 4 is 21.6 Å². The molecule has 1 aromatic rings. The molecule has 130 valence electrons. The number of hydrogen-bond acceptors (Lipinski definition) is 3. The summed E-state index contributed by atoms with van der Waals surface area (Å²) in [5.74, 6) is -0.161. The lowest BCUT2D eigenvalue weighted by Gasteiger charge is -2.20. The molecule has 0 aliphatic rings. The van der Waals surface area contributed by atoms with Gasteiger partial charge in [0.15, 0.2) is 0 Å². The second kappa shape index (κ2) is 9.03. The predicted molar refractivity (Wildman–Crippen MR) is 95.1 cm³/mol. The number of hydrogen-bond donors (Lipinski definition) is 1. The summed E-state index contributed by atoms with van der Waals surface area (Å²) in [5.41, 5.74) is 2.82. The van der Waals surface area contributed by atoms with Crippen molar-refractivity contribution in [3.05, 3.63) is 29.3 Å². The number of para-hydroxylation sites is 1. The molecule has 0 atom stereocenters. The second-order valence-electron chi connectivity index (χ2n) is 5.93. The van der Waals surface area contributed by atoms with E-state index < -0.39 is 10.0 Å². The zero-order chi connectivity index (χ0) is 17.5. The van der Waals surface area contributed by atoms with Gasteiger partial charge in [0.05, 0.1) is 6.26 Å². The molecule has 0 spiro atoms. The highest BCUT2D eigenvalue weighted by Crippen LogP contribution is 2.19. The van der Waals surface area contributed by atoms with E-state index in [1.165, 1.54) is 10.6 Å². The van der Waals surface area contributed by atoms with E-state index in [2.05, 4.69) is 12.2 Å². The summed E-state index contributed by atoms with van der Waals surface area (Å²) in [4.78, 5) is 12.1. The number of amides is 1. The summed E-state index contributed by atoms with van der Waals surface area (Å²) in [5, 5.41) is 2.89. The molecule has 1 rings (SSSR count). The van der Waals surface area contributed by atoms with Crippen molar-refractivity contribution in [3.8, 4) is 0 Å². The average molecular weight is 340 g/mol. The Balaban J connectivity index is 2.61. The fourth-order valence-corrected chi connectivity index (χ4v) is 3.31. The van der Waals surface area contributed by atoms with Crippen LogP contribution in [-0.2, 0) is 14.8 Å². The first-order valence-corrected chi connectivity index (χ1v) is 9.91. The fourth-order valence-electron chi connectivity index (χ4n) is 2.42. The number of sulfonamides is 1. The number of carbonyl (C=O) groups is 1. The minimum atomic E-state index is -3.28. The van der Waals surface area contributed by atoms with Crippen LogP contribution >= 0.6 is 0 Å². The number of rotatable bonds is 9. The van der Waals surface area contributed by atoms with E-state index in [0.29, 0.717) is 6.54 Å². The molecule has 0 fully saturated rings. The van der Waals surface area contributed by atoms with Gasteiger partial charge in [0.2, 0.25) is 15.9 Å². The lowest BCUT2D eigenvalue weighted by molar-refractivity contribution is -0.116. The first-order chi connectivity index (χ1) is 10.8. The van der Waals surface area contributed by atoms with Gasteiger partial charge in [0.25, 0.3) is 0 Å². The van der Waals surface area contributed by atoms with Crippen LogP contribution in [0.4, 0.5) is 5.69 Å². The molecule has 0 saturated heterocycles. The van der Waals surface area contributed by atoms with Crippen molar-refractivity contribution in [2.45, 2.75) is 46.5 Å². The third-order valence-corrected chi connectivity index (χ3v) is 5.12. The lowest BCUT2D eigenvalue weighted by Crippen LogP contribution is -2.34. The van der Waals surface area contributed by atoms with E-state index >= 15 is 0 Å². The Kier molecular flexibility index (Phi) is 7.72. The fraction of sp³-hybridized carbons (Fsp3) is 0.588. The number of carbonyl (C=O) groups excluding carboxylic acids is 1. The zero-order valence-corrected chi connectivity index (χ0v) is 15.4. The molecule has 5 nitrogen and oxygen atoms in total. The summed E-state index contributed by atoms with van der Waals surface area (Å²) in [6, 6.07) is 5.83. The summed E-state index contributed by atoms with van der Waals surface area (Å²) >= 11 is 0. The Bertz CT molecular complexity index is 606. The third kappa shape index (κ3) is 6.71. The molecule has 0 bridgehead atoms. The van der Waals surface area contributed by atoms with E-state index in [0.717, 1.165) is 36.1 Å². The highest BCUT2D eigenvalue weighted by atomic mass is 32.2. The summed E-state index contributed by atoms with van der Waals surface area (Å²) in [7, 11) is -3.28. The molecule has 0 aliphatic carbocycles. The van der Waals surface area contributed by atoms with Crippen LogP contribution in [0, 0.1) is 13.8 Å². The molecule has 1 aromatic carbocycles. The van der Waals surface area contributed by atoms with Gasteiger partial charge < -0.3 is 5.32 Å². The minimum Gasteiger partial charge on any atom is -0.326 e. The largest absolute Gasteiger partial charge is 0.326 e. The molecule has 0 heterocycles. The Labute approximate surface area is 140 Å². The van der Waals surface area contributed by atoms with Crippen LogP contribution in [0.5, 0.6) is 0 Å². The molecule has 0 aromatic heterocycles. The van der Waals surface area contributed by atoms with E-state index in [9.17, 15) is 13.2 Å². The predicted octanol–water partition coefficient (Wildman–Crippen LogP) is 3.08. The van der Waals surface area contributed by atoms with Crippen LogP contribution in [0.1, 0.15) is 43.7 Å². The first-order valence-electron chi connectivity index (χ1n) is 8.07. The first kappa shape index (κ1) is 19.6. The molecule has 6 heteroatoms. The van der Waals surface area contributed by atoms with Gasteiger partial charge in [-0.3, -0.25) is 4.79 Å². The van der Waals surface area contributed by atoms with Gasteiger partial charge in [-0.15, -0.1) is 0 Å². The smallest absolute Gasteiger partial charge is 0.225 e. The lowest BCUT2D eigenvalue weighted by atomic mass is 10.1. The van der Waals surface area contributed by atoms with Crippen molar-refractivity contribution in [1.29, 1.82) is 0 Å². The maximum Gasteiger partial charge on any atom is 0.225 e. The van der Waals surface area contributed by atoms with Crippen LogP contribution in [0.15, 0.2) is 18.2 Å².